The first-order chi connectivity index (χ1) is 19.0. The quantitative estimate of drug-likeness (QED) is 0.133. The molecule has 0 spiro atoms. The molecule has 4 aromatic rings. The number of thiocarbonyl (C=S) groups is 1. The highest BCUT2D eigenvalue weighted by Crippen LogP contribution is 2.33. The van der Waals surface area contributed by atoms with Gasteiger partial charge in [-0.3, -0.25) is 19.4 Å². The lowest BCUT2D eigenvalue weighted by molar-refractivity contribution is -0.120. The third kappa shape index (κ3) is 5.62. The van der Waals surface area contributed by atoms with Crippen LogP contribution >= 0.6 is 28.1 Å². The SMILES string of the molecule is COc1ccc(C=C2C(=O)N(c3ccccc3)C(=S)N(c3ccccc3)C2=O)c(OCc2ccc(Br)cc2)c1. The van der Waals surface area contributed by atoms with E-state index in [9.17, 15) is 9.59 Å². The van der Waals surface area contributed by atoms with Gasteiger partial charge in [0.2, 0.25) is 0 Å². The van der Waals surface area contributed by atoms with Gasteiger partial charge in [0.1, 0.15) is 23.7 Å². The highest BCUT2D eigenvalue weighted by molar-refractivity contribution is 9.10. The van der Waals surface area contributed by atoms with Crippen LogP contribution < -0.4 is 19.3 Å². The number of anilines is 2. The molecule has 1 aliphatic rings. The van der Waals surface area contributed by atoms with Gasteiger partial charge in [-0.15, -0.1) is 0 Å². The second kappa shape index (κ2) is 11.6. The van der Waals surface area contributed by atoms with Crippen LogP contribution in [0.5, 0.6) is 11.5 Å². The smallest absolute Gasteiger partial charge is 0.270 e. The van der Waals surface area contributed by atoms with Gasteiger partial charge in [0.15, 0.2) is 5.11 Å². The van der Waals surface area contributed by atoms with Crippen molar-refractivity contribution in [2.45, 2.75) is 6.61 Å². The zero-order valence-corrected chi connectivity index (χ0v) is 23.3. The van der Waals surface area contributed by atoms with Crippen LogP contribution in [0.4, 0.5) is 11.4 Å². The van der Waals surface area contributed by atoms with Crippen molar-refractivity contribution in [1.82, 2.24) is 0 Å². The van der Waals surface area contributed by atoms with E-state index in [1.54, 1.807) is 55.7 Å². The van der Waals surface area contributed by atoms with Crippen LogP contribution in [-0.4, -0.2) is 24.0 Å². The van der Waals surface area contributed by atoms with E-state index >= 15 is 0 Å². The van der Waals surface area contributed by atoms with Crippen LogP contribution in [0.25, 0.3) is 6.08 Å². The zero-order chi connectivity index (χ0) is 27.4. The van der Waals surface area contributed by atoms with Crippen LogP contribution in [-0.2, 0) is 16.2 Å². The predicted molar refractivity (Wildman–Crippen MR) is 160 cm³/mol. The Bertz CT molecular complexity index is 1490. The summed E-state index contributed by atoms with van der Waals surface area (Å²) in [4.78, 5) is 30.4. The average Bonchev–Trinajstić information content (AvgIpc) is 2.96. The number of benzene rings is 4. The molecule has 5 rings (SSSR count). The molecule has 0 bridgehead atoms. The van der Waals surface area contributed by atoms with Gasteiger partial charge in [-0.2, -0.15) is 0 Å². The third-order valence-electron chi connectivity index (χ3n) is 6.11. The molecular weight excluding hydrogens is 576 g/mol. The molecule has 1 saturated heterocycles. The van der Waals surface area contributed by atoms with E-state index in [1.165, 1.54) is 9.80 Å². The molecule has 2 amide bonds. The Hall–Kier alpha value is -4.27. The molecule has 1 fully saturated rings. The molecule has 0 aromatic heterocycles. The van der Waals surface area contributed by atoms with E-state index < -0.39 is 11.8 Å². The fourth-order valence-corrected chi connectivity index (χ4v) is 4.76. The van der Waals surface area contributed by atoms with Crippen molar-refractivity contribution >= 4 is 62.5 Å². The Kier molecular flexibility index (Phi) is 7.86. The fourth-order valence-electron chi connectivity index (χ4n) is 4.12. The molecule has 0 N–H and O–H groups in total. The van der Waals surface area contributed by atoms with E-state index in [-0.39, 0.29) is 17.3 Å². The summed E-state index contributed by atoms with van der Waals surface area (Å²) in [5.41, 5.74) is 2.59. The van der Waals surface area contributed by atoms with Gasteiger partial charge in [0.05, 0.1) is 18.5 Å². The lowest BCUT2D eigenvalue weighted by atomic mass is 10.0. The maximum atomic E-state index is 13.8. The van der Waals surface area contributed by atoms with Crippen LogP contribution in [0.1, 0.15) is 11.1 Å². The standard InChI is InChI=1S/C31H23BrN2O4S/c1-37-26-17-14-22(28(19-26)38-20-21-12-15-23(32)16-13-21)18-27-29(35)33(24-8-4-2-5-9-24)31(39)34(30(27)36)25-10-6-3-7-11-25/h2-19H,20H2,1H3. The van der Waals surface area contributed by atoms with Crippen LogP contribution in [0.15, 0.2) is 113 Å². The number of halogens is 1. The Labute approximate surface area is 240 Å². The number of amides is 2. The Morgan fingerprint density at radius 1 is 0.795 bits per heavy atom. The van der Waals surface area contributed by atoms with Gasteiger partial charge in [-0.05, 0) is 72.4 Å². The second-order valence-electron chi connectivity index (χ2n) is 8.61. The summed E-state index contributed by atoms with van der Waals surface area (Å²) >= 11 is 9.13. The number of hydrogen-bond acceptors (Lipinski definition) is 5. The molecule has 1 aliphatic heterocycles. The number of hydrogen-bond donors (Lipinski definition) is 0. The molecule has 0 saturated carbocycles. The molecular formula is C31H23BrN2O4S. The molecule has 194 valence electrons. The topological polar surface area (TPSA) is 59.1 Å². The summed E-state index contributed by atoms with van der Waals surface area (Å²) in [5, 5.41) is 0.0843. The van der Waals surface area contributed by atoms with Crippen molar-refractivity contribution < 1.29 is 19.1 Å². The molecule has 8 heteroatoms. The number of rotatable bonds is 7. The van der Waals surface area contributed by atoms with Crippen molar-refractivity contribution in [2.75, 3.05) is 16.9 Å². The second-order valence-corrected chi connectivity index (χ2v) is 9.89. The van der Waals surface area contributed by atoms with E-state index in [2.05, 4.69) is 15.9 Å². The van der Waals surface area contributed by atoms with Gasteiger partial charge in [0.25, 0.3) is 11.8 Å². The number of methoxy groups -OCH3 is 1. The lowest BCUT2D eigenvalue weighted by Crippen LogP contribution is -2.56. The first-order valence-electron chi connectivity index (χ1n) is 12.1. The summed E-state index contributed by atoms with van der Waals surface area (Å²) < 4.78 is 12.5. The number of carbonyl (C=O) groups excluding carboxylic acids is 2. The number of ether oxygens (including phenoxy) is 2. The predicted octanol–water partition coefficient (Wildman–Crippen LogP) is 6.79. The Balaban J connectivity index is 1.58. The van der Waals surface area contributed by atoms with E-state index in [0.717, 1.165) is 10.0 Å². The first kappa shape index (κ1) is 26.3. The van der Waals surface area contributed by atoms with E-state index in [4.69, 9.17) is 21.7 Å². The van der Waals surface area contributed by atoms with Crippen molar-refractivity contribution in [3.63, 3.8) is 0 Å². The van der Waals surface area contributed by atoms with Crippen LogP contribution in [0, 0.1) is 0 Å². The lowest BCUT2D eigenvalue weighted by Gasteiger charge is -2.36. The molecule has 1 heterocycles. The van der Waals surface area contributed by atoms with Gasteiger partial charge >= 0.3 is 0 Å². The Morgan fingerprint density at radius 3 is 1.90 bits per heavy atom. The highest BCUT2D eigenvalue weighted by Gasteiger charge is 2.41. The van der Waals surface area contributed by atoms with Crippen molar-refractivity contribution in [3.8, 4) is 11.5 Å². The summed E-state index contributed by atoms with van der Waals surface area (Å²) in [6, 6.07) is 31.1. The van der Waals surface area contributed by atoms with Crippen molar-refractivity contribution in [3.05, 3.63) is 124 Å². The largest absolute Gasteiger partial charge is 0.497 e. The number of para-hydroxylation sites is 2. The van der Waals surface area contributed by atoms with Gasteiger partial charge < -0.3 is 9.47 Å². The van der Waals surface area contributed by atoms with Crippen molar-refractivity contribution in [2.24, 2.45) is 0 Å². The van der Waals surface area contributed by atoms with E-state index in [0.29, 0.717) is 28.4 Å². The molecule has 0 radical (unpaired) electrons. The molecule has 0 atom stereocenters. The minimum atomic E-state index is -0.516. The highest BCUT2D eigenvalue weighted by atomic mass is 79.9. The monoisotopic (exact) mass is 598 g/mol. The average molecular weight is 600 g/mol. The van der Waals surface area contributed by atoms with Crippen LogP contribution in [0.3, 0.4) is 0 Å². The van der Waals surface area contributed by atoms with E-state index in [1.807, 2.05) is 60.7 Å². The van der Waals surface area contributed by atoms with Gasteiger partial charge in [0, 0.05) is 16.1 Å². The van der Waals surface area contributed by atoms with Gasteiger partial charge in [-0.1, -0.05) is 64.5 Å². The Morgan fingerprint density at radius 2 is 1.36 bits per heavy atom. The molecule has 0 aliphatic carbocycles. The zero-order valence-electron chi connectivity index (χ0n) is 20.9. The summed E-state index contributed by atoms with van der Waals surface area (Å²) in [7, 11) is 1.57. The minimum absolute atomic E-state index is 0.0463. The molecule has 6 nitrogen and oxygen atoms in total. The third-order valence-corrected chi connectivity index (χ3v) is 7.00. The summed E-state index contributed by atoms with van der Waals surface area (Å²) in [6.45, 7) is 0.287. The fraction of sp³-hybridized carbons (Fsp3) is 0.0645. The minimum Gasteiger partial charge on any atom is -0.497 e. The summed E-state index contributed by atoms with van der Waals surface area (Å²) in [6.07, 6.45) is 1.55. The number of carbonyl (C=O) groups is 2. The van der Waals surface area contributed by atoms with Crippen molar-refractivity contribution in [1.29, 1.82) is 0 Å². The normalized spacial score (nSPS) is 13.5. The van der Waals surface area contributed by atoms with Gasteiger partial charge in [-0.25, -0.2) is 0 Å². The summed E-state index contributed by atoms with van der Waals surface area (Å²) in [5.74, 6) is 0.0226. The first-order valence-corrected chi connectivity index (χ1v) is 13.3. The molecule has 39 heavy (non-hydrogen) atoms. The number of nitrogens with zero attached hydrogens (tertiary/aromatic N) is 2. The maximum absolute atomic E-state index is 13.8. The molecule has 0 unspecified atom stereocenters. The van der Waals surface area contributed by atoms with Crippen LogP contribution in [0.2, 0.25) is 0 Å². The molecule has 4 aromatic carbocycles. The maximum Gasteiger partial charge on any atom is 0.270 e.